The van der Waals surface area contributed by atoms with Crippen LogP contribution in [0.5, 0.6) is 5.75 Å². The van der Waals surface area contributed by atoms with Crippen LogP contribution in [-0.4, -0.2) is 47.8 Å². The maximum Gasteiger partial charge on any atom is 0.325 e. The number of esters is 1. The predicted molar refractivity (Wildman–Crippen MR) is 143 cm³/mol. The number of amides is 3. The van der Waals surface area contributed by atoms with E-state index in [-0.39, 0.29) is 22.9 Å². The zero-order chi connectivity index (χ0) is 27.8. The summed E-state index contributed by atoms with van der Waals surface area (Å²) >= 11 is 0.705. The molecule has 3 rings (SSSR count). The van der Waals surface area contributed by atoms with Crippen LogP contribution in [-0.2, 0) is 14.3 Å². The number of nitrogens with zero attached hydrogens (tertiary/aromatic N) is 2. The molecule has 1 heterocycles. The molecule has 0 aliphatic heterocycles. The number of aromatic nitrogens is 1. The van der Waals surface area contributed by atoms with Crippen LogP contribution in [0.3, 0.4) is 0 Å². The Labute approximate surface area is 223 Å². The first-order valence-electron chi connectivity index (χ1n) is 11.8. The average Bonchev–Trinajstić information content (AvgIpc) is 3.28. The molecule has 1 aromatic heterocycles. The van der Waals surface area contributed by atoms with E-state index in [1.807, 2.05) is 19.9 Å². The summed E-state index contributed by atoms with van der Waals surface area (Å²) in [5.74, 6) is -2.25. The van der Waals surface area contributed by atoms with E-state index in [1.54, 1.807) is 49.4 Å². The summed E-state index contributed by atoms with van der Waals surface area (Å²) < 4.78 is 14.4. The number of hydrogen-bond donors (Lipinski definition) is 3. The van der Waals surface area contributed by atoms with Crippen molar-refractivity contribution in [3.05, 3.63) is 70.2 Å². The lowest BCUT2D eigenvalue weighted by atomic mass is 10.0. The number of aryl methyl sites for hydroxylation is 1. The number of nitrogen functional groups attached to an aromatic ring is 1. The third-order valence-electron chi connectivity index (χ3n) is 5.38. The van der Waals surface area contributed by atoms with Gasteiger partial charge in [0.15, 0.2) is 5.69 Å². The largest absolute Gasteiger partial charge is 0.494 e. The molecule has 0 saturated carbocycles. The van der Waals surface area contributed by atoms with Gasteiger partial charge in [0.1, 0.15) is 23.2 Å². The number of carbonyl (C=O) groups is 4. The van der Waals surface area contributed by atoms with Gasteiger partial charge in [0.2, 0.25) is 5.91 Å². The van der Waals surface area contributed by atoms with Crippen LogP contribution in [0.1, 0.15) is 51.2 Å². The second kappa shape index (κ2) is 12.7. The molecular formula is C26H29N5O6S. The molecule has 0 spiro atoms. The highest BCUT2D eigenvalue weighted by molar-refractivity contribution is 7.09. The lowest BCUT2D eigenvalue weighted by molar-refractivity contribution is -0.143. The number of rotatable bonds is 11. The monoisotopic (exact) mass is 539 g/mol. The molecule has 0 radical (unpaired) electrons. The summed E-state index contributed by atoms with van der Waals surface area (Å²) in [4.78, 5) is 52.5. The summed E-state index contributed by atoms with van der Waals surface area (Å²) in [5, 5.41) is 2.56. The Kier molecular flexibility index (Phi) is 9.39. The van der Waals surface area contributed by atoms with E-state index in [0.29, 0.717) is 35.1 Å². The quantitative estimate of drug-likeness (QED) is 0.313. The summed E-state index contributed by atoms with van der Waals surface area (Å²) in [5.41, 5.74) is 12.7. The topological polar surface area (TPSA) is 167 Å². The molecule has 200 valence electrons. The minimum absolute atomic E-state index is 0.0607. The van der Waals surface area contributed by atoms with Gasteiger partial charge >= 0.3 is 5.97 Å². The van der Waals surface area contributed by atoms with Crippen LogP contribution in [0.2, 0.25) is 0 Å². The number of carbonyl (C=O) groups excluding carboxylic acids is 4. The molecule has 0 saturated heterocycles. The molecule has 11 nitrogen and oxygen atoms in total. The average molecular weight is 540 g/mol. The second-order valence-electron chi connectivity index (χ2n) is 8.08. The van der Waals surface area contributed by atoms with Crippen LogP contribution in [0.25, 0.3) is 0 Å². The Morgan fingerprint density at radius 2 is 1.79 bits per heavy atom. The van der Waals surface area contributed by atoms with Crippen molar-refractivity contribution in [2.45, 2.75) is 26.8 Å². The van der Waals surface area contributed by atoms with Crippen molar-refractivity contribution >= 4 is 46.6 Å². The van der Waals surface area contributed by atoms with Crippen molar-refractivity contribution < 1.29 is 28.7 Å². The third-order valence-corrected chi connectivity index (χ3v) is 6.23. The van der Waals surface area contributed by atoms with E-state index in [0.717, 1.165) is 5.56 Å². The van der Waals surface area contributed by atoms with Crippen molar-refractivity contribution in [2.75, 3.05) is 30.4 Å². The smallest absolute Gasteiger partial charge is 0.325 e. The van der Waals surface area contributed by atoms with Gasteiger partial charge in [-0.15, -0.1) is 0 Å². The van der Waals surface area contributed by atoms with Crippen molar-refractivity contribution in [1.82, 2.24) is 9.69 Å². The van der Waals surface area contributed by atoms with Gasteiger partial charge in [-0.1, -0.05) is 24.3 Å². The summed E-state index contributed by atoms with van der Waals surface area (Å²) in [7, 11) is 0. The third kappa shape index (κ3) is 6.45. The molecule has 12 heteroatoms. The van der Waals surface area contributed by atoms with Gasteiger partial charge in [-0.25, -0.2) is 0 Å². The number of primary amides is 1. The van der Waals surface area contributed by atoms with E-state index >= 15 is 0 Å². The fraction of sp³-hybridized carbons (Fsp3) is 0.269. The van der Waals surface area contributed by atoms with Crippen LogP contribution in [0.15, 0.2) is 48.5 Å². The Morgan fingerprint density at radius 3 is 2.37 bits per heavy atom. The second-order valence-corrected chi connectivity index (χ2v) is 8.85. The number of anilines is 2. The molecule has 0 aliphatic carbocycles. The fourth-order valence-electron chi connectivity index (χ4n) is 3.70. The van der Waals surface area contributed by atoms with Crippen molar-refractivity contribution in [3.8, 4) is 5.75 Å². The minimum atomic E-state index is -1.24. The molecular weight excluding hydrogens is 510 g/mol. The zero-order valence-corrected chi connectivity index (χ0v) is 22.0. The summed E-state index contributed by atoms with van der Waals surface area (Å²) in [6, 6.07) is 12.4. The van der Waals surface area contributed by atoms with Crippen LogP contribution in [0, 0.1) is 6.92 Å². The lowest BCUT2D eigenvalue weighted by Crippen LogP contribution is -2.45. The van der Waals surface area contributed by atoms with Gasteiger partial charge in [0.05, 0.1) is 18.9 Å². The number of benzene rings is 2. The first-order chi connectivity index (χ1) is 18.2. The molecule has 3 amide bonds. The summed E-state index contributed by atoms with van der Waals surface area (Å²) in [6.07, 6.45) is 0. The highest BCUT2D eigenvalue weighted by Gasteiger charge is 2.36. The van der Waals surface area contributed by atoms with Crippen molar-refractivity contribution in [3.63, 3.8) is 0 Å². The maximum atomic E-state index is 14.0. The number of ether oxygens (including phenoxy) is 2. The molecule has 5 N–H and O–H groups in total. The van der Waals surface area contributed by atoms with Gasteiger partial charge in [0.25, 0.3) is 11.8 Å². The van der Waals surface area contributed by atoms with Gasteiger partial charge in [-0.3, -0.25) is 24.1 Å². The van der Waals surface area contributed by atoms with E-state index in [2.05, 4.69) is 9.69 Å². The fourth-order valence-corrected chi connectivity index (χ4v) is 4.44. The summed E-state index contributed by atoms with van der Waals surface area (Å²) in [6.45, 7) is 5.54. The molecule has 38 heavy (non-hydrogen) atoms. The van der Waals surface area contributed by atoms with Crippen LogP contribution in [0.4, 0.5) is 11.4 Å². The van der Waals surface area contributed by atoms with Gasteiger partial charge in [-0.05, 0) is 67.7 Å². The molecule has 1 unspecified atom stereocenters. The zero-order valence-electron chi connectivity index (χ0n) is 21.2. The highest BCUT2D eigenvalue weighted by atomic mass is 32.1. The van der Waals surface area contributed by atoms with Crippen molar-refractivity contribution in [2.24, 2.45) is 5.73 Å². The van der Waals surface area contributed by atoms with E-state index < -0.39 is 36.3 Å². The molecule has 2 aromatic carbocycles. The lowest BCUT2D eigenvalue weighted by Gasteiger charge is -2.31. The minimum Gasteiger partial charge on any atom is -0.494 e. The predicted octanol–water partition coefficient (Wildman–Crippen LogP) is 2.60. The number of hydrogen-bond acceptors (Lipinski definition) is 9. The van der Waals surface area contributed by atoms with Gasteiger partial charge in [-0.2, -0.15) is 4.37 Å². The SMILES string of the molecule is CCOC(=O)CNC(=O)C(c1ccc(OCC)cc1)N(C(=O)c1snc(C(N)=O)c1N)c1cccc(C)c1. The number of nitrogens with two attached hydrogens (primary N) is 2. The molecule has 1 atom stereocenters. The van der Waals surface area contributed by atoms with Crippen molar-refractivity contribution in [1.29, 1.82) is 0 Å². The molecule has 0 bridgehead atoms. The van der Waals surface area contributed by atoms with Gasteiger partial charge in [0, 0.05) is 5.69 Å². The first-order valence-corrected chi connectivity index (χ1v) is 12.6. The first kappa shape index (κ1) is 28.1. The molecule has 0 fully saturated rings. The Balaban J connectivity index is 2.15. The Bertz CT molecular complexity index is 1320. The standard InChI is InChI=1S/C26H29N5O6S/c1-4-36-18-11-9-16(10-12-18)22(25(34)29-14-19(32)37-5-2)31(17-8-6-7-15(3)13-17)26(35)23-20(27)21(24(28)33)30-38-23/h6-13,22H,4-5,14,27H2,1-3H3,(H2,28,33)(H,29,34). The van der Waals surface area contributed by atoms with E-state index in [1.165, 1.54) is 4.90 Å². The molecule has 3 aromatic rings. The van der Waals surface area contributed by atoms with Crippen LogP contribution < -0.4 is 26.4 Å². The van der Waals surface area contributed by atoms with Crippen LogP contribution >= 0.6 is 11.5 Å². The van der Waals surface area contributed by atoms with E-state index in [4.69, 9.17) is 20.9 Å². The highest BCUT2D eigenvalue weighted by Crippen LogP contribution is 2.34. The Hall–Kier alpha value is -4.45. The number of nitrogens with one attached hydrogen (secondary N) is 1. The maximum absolute atomic E-state index is 14.0. The molecule has 0 aliphatic rings. The van der Waals surface area contributed by atoms with E-state index in [9.17, 15) is 19.2 Å². The normalized spacial score (nSPS) is 11.3. The Morgan fingerprint density at radius 1 is 1.08 bits per heavy atom. The van der Waals surface area contributed by atoms with Gasteiger partial charge < -0.3 is 26.3 Å².